The number of halogens is 1. The van der Waals surface area contributed by atoms with Crippen molar-refractivity contribution < 1.29 is 14.6 Å². The first-order chi connectivity index (χ1) is 10.1. The highest BCUT2D eigenvalue weighted by Gasteiger charge is 2.03. The van der Waals surface area contributed by atoms with E-state index in [1.54, 1.807) is 37.4 Å². The maximum atomic E-state index is 10.8. The molecule has 0 bridgehead atoms. The molecule has 0 unspecified atom stereocenters. The zero-order valence-electron chi connectivity index (χ0n) is 11.6. The quantitative estimate of drug-likeness (QED) is 0.859. The summed E-state index contributed by atoms with van der Waals surface area (Å²) in [7, 11) is 1.60. The number of nitrogens with one attached hydrogen (secondary N) is 1. The van der Waals surface area contributed by atoms with Crippen LogP contribution in [-0.2, 0) is 13.1 Å². The second kappa shape index (κ2) is 7.11. The molecule has 0 aromatic heterocycles. The fourth-order valence-electron chi connectivity index (χ4n) is 1.91. The fraction of sp³-hybridized carbons (Fsp3) is 0.188. The lowest BCUT2D eigenvalue weighted by Gasteiger charge is -2.08. The van der Waals surface area contributed by atoms with Crippen LogP contribution in [0.25, 0.3) is 0 Å². The van der Waals surface area contributed by atoms with Crippen LogP contribution < -0.4 is 10.1 Å². The molecule has 110 valence electrons. The van der Waals surface area contributed by atoms with E-state index in [4.69, 9.17) is 21.4 Å². The lowest BCUT2D eigenvalue weighted by atomic mass is 10.1. The molecule has 0 aliphatic carbocycles. The molecule has 0 aliphatic heterocycles. The van der Waals surface area contributed by atoms with Gasteiger partial charge in [0.25, 0.3) is 0 Å². The first-order valence-corrected chi connectivity index (χ1v) is 6.83. The number of carboxylic acid groups (broad SMARTS) is 1. The van der Waals surface area contributed by atoms with Gasteiger partial charge in [0.15, 0.2) is 0 Å². The highest BCUT2D eigenvalue weighted by atomic mass is 35.5. The number of methoxy groups -OCH3 is 1. The van der Waals surface area contributed by atoms with Crippen molar-refractivity contribution in [1.29, 1.82) is 0 Å². The minimum Gasteiger partial charge on any atom is -0.497 e. The summed E-state index contributed by atoms with van der Waals surface area (Å²) in [5, 5.41) is 12.8. The van der Waals surface area contributed by atoms with Crippen molar-refractivity contribution in [2.75, 3.05) is 7.11 Å². The molecule has 0 saturated carbocycles. The Kier molecular flexibility index (Phi) is 5.20. The number of aromatic carboxylic acids is 1. The van der Waals surface area contributed by atoms with Crippen LogP contribution in [0.5, 0.6) is 5.75 Å². The van der Waals surface area contributed by atoms with Gasteiger partial charge in [-0.25, -0.2) is 4.79 Å². The largest absolute Gasteiger partial charge is 0.497 e. The van der Waals surface area contributed by atoms with Crippen LogP contribution >= 0.6 is 11.6 Å². The minimum atomic E-state index is -0.917. The summed E-state index contributed by atoms with van der Waals surface area (Å²) in [5.74, 6) is -0.187. The second-order valence-corrected chi connectivity index (χ2v) is 4.97. The Morgan fingerprint density at radius 3 is 2.48 bits per heavy atom. The van der Waals surface area contributed by atoms with E-state index in [0.717, 1.165) is 16.9 Å². The lowest BCUT2D eigenvalue weighted by molar-refractivity contribution is 0.0697. The maximum Gasteiger partial charge on any atom is 0.335 e. The summed E-state index contributed by atoms with van der Waals surface area (Å²) in [6.07, 6.45) is 0. The van der Waals surface area contributed by atoms with Crippen LogP contribution in [0.1, 0.15) is 21.5 Å². The first kappa shape index (κ1) is 15.4. The van der Waals surface area contributed by atoms with Gasteiger partial charge < -0.3 is 15.2 Å². The van der Waals surface area contributed by atoms with Crippen LogP contribution in [0.3, 0.4) is 0 Å². The van der Waals surface area contributed by atoms with E-state index < -0.39 is 5.97 Å². The van der Waals surface area contributed by atoms with Crippen molar-refractivity contribution in [3.63, 3.8) is 0 Å². The van der Waals surface area contributed by atoms with Crippen LogP contribution in [0, 0.1) is 0 Å². The van der Waals surface area contributed by atoms with Gasteiger partial charge in [-0.15, -0.1) is 0 Å². The molecule has 2 aromatic rings. The second-order valence-electron chi connectivity index (χ2n) is 4.56. The van der Waals surface area contributed by atoms with E-state index in [2.05, 4.69) is 5.32 Å². The number of carboxylic acids is 1. The molecule has 4 nitrogen and oxygen atoms in total. The first-order valence-electron chi connectivity index (χ1n) is 6.45. The molecule has 2 N–H and O–H groups in total. The van der Waals surface area contributed by atoms with Gasteiger partial charge in [-0.3, -0.25) is 0 Å². The SMILES string of the molecule is COc1ccc(CNCc2ccc(C(=O)O)cc2)c(Cl)c1. The van der Waals surface area contributed by atoms with Crippen LogP contribution in [0.15, 0.2) is 42.5 Å². The molecule has 0 radical (unpaired) electrons. The summed E-state index contributed by atoms with van der Waals surface area (Å²) in [6, 6.07) is 12.4. The van der Waals surface area contributed by atoms with Crippen LogP contribution in [0.2, 0.25) is 5.02 Å². The van der Waals surface area contributed by atoms with Gasteiger partial charge in [-0.05, 0) is 35.4 Å². The third-order valence-electron chi connectivity index (χ3n) is 3.11. The Morgan fingerprint density at radius 1 is 1.19 bits per heavy atom. The molecule has 0 aliphatic rings. The Hall–Kier alpha value is -2.04. The minimum absolute atomic E-state index is 0.289. The monoisotopic (exact) mass is 305 g/mol. The van der Waals surface area contributed by atoms with E-state index in [0.29, 0.717) is 18.1 Å². The molecular formula is C16H16ClNO3. The zero-order valence-corrected chi connectivity index (χ0v) is 12.4. The van der Waals surface area contributed by atoms with Gasteiger partial charge in [0.1, 0.15) is 5.75 Å². The smallest absolute Gasteiger partial charge is 0.335 e. The van der Waals surface area contributed by atoms with Crippen molar-refractivity contribution in [3.05, 3.63) is 64.2 Å². The summed E-state index contributed by atoms with van der Waals surface area (Å²) in [4.78, 5) is 10.8. The van der Waals surface area contributed by atoms with E-state index in [-0.39, 0.29) is 5.56 Å². The summed E-state index contributed by atoms with van der Waals surface area (Å²) >= 11 is 6.16. The molecule has 0 fully saturated rings. The normalized spacial score (nSPS) is 10.4. The van der Waals surface area contributed by atoms with Gasteiger partial charge in [-0.1, -0.05) is 29.8 Å². The van der Waals surface area contributed by atoms with Gasteiger partial charge in [0.05, 0.1) is 12.7 Å². The predicted molar refractivity (Wildman–Crippen MR) is 81.9 cm³/mol. The van der Waals surface area contributed by atoms with Gasteiger partial charge in [-0.2, -0.15) is 0 Å². The van der Waals surface area contributed by atoms with Gasteiger partial charge >= 0.3 is 5.97 Å². The van der Waals surface area contributed by atoms with Crippen molar-refractivity contribution in [3.8, 4) is 5.75 Å². The Balaban J connectivity index is 1.90. The molecule has 2 rings (SSSR count). The van der Waals surface area contributed by atoms with Crippen LogP contribution in [0.4, 0.5) is 0 Å². The Morgan fingerprint density at radius 2 is 1.90 bits per heavy atom. The topological polar surface area (TPSA) is 58.6 Å². The van der Waals surface area contributed by atoms with E-state index in [1.807, 2.05) is 12.1 Å². The number of rotatable bonds is 6. The lowest BCUT2D eigenvalue weighted by Crippen LogP contribution is -2.13. The summed E-state index contributed by atoms with van der Waals surface area (Å²) < 4.78 is 5.10. The van der Waals surface area contributed by atoms with Crippen LogP contribution in [-0.4, -0.2) is 18.2 Å². The molecule has 0 spiro atoms. The third kappa shape index (κ3) is 4.21. The van der Waals surface area contributed by atoms with E-state index >= 15 is 0 Å². The molecule has 0 atom stereocenters. The highest BCUT2D eigenvalue weighted by molar-refractivity contribution is 6.31. The average molecular weight is 306 g/mol. The molecule has 5 heteroatoms. The van der Waals surface area contributed by atoms with E-state index in [1.165, 1.54) is 0 Å². The number of ether oxygens (including phenoxy) is 1. The Bertz CT molecular complexity index is 626. The molecule has 0 heterocycles. The van der Waals surface area contributed by atoms with Crippen molar-refractivity contribution in [1.82, 2.24) is 5.32 Å². The zero-order chi connectivity index (χ0) is 15.2. The number of carbonyl (C=O) groups is 1. The van der Waals surface area contributed by atoms with Crippen molar-refractivity contribution >= 4 is 17.6 Å². The maximum absolute atomic E-state index is 10.8. The molecular weight excluding hydrogens is 290 g/mol. The van der Waals surface area contributed by atoms with Gasteiger partial charge in [0, 0.05) is 18.1 Å². The van der Waals surface area contributed by atoms with Crippen molar-refractivity contribution in [2.24, 2.45) is 0 Å². The predicted octanol–water partition coefficient (Wildman–Crippen LogP) is 3.34. The third-order valence-corrected chi connectivity index (χ3v) is 3.46. The molecule has 2 aromatic carbocycles. The van der Waals surface area contributed by atoms with Crippen molar-refractivity contribution in [2.45, 2.75) is 13.1 Å². The molecule has 0 saturated heterocycles. The number of benzene rings is 2. The Labute approximate surface area is 128 Å². The van der Waals surface area contributed by atoms with E-state index in [9.17, 15) is 4.79 Å². The summed E-state index contributed by atoms with van der Waals surface area (Å²) in [6.45, 7) is 1.27. The highest BCUT2D eigenvalue weighted by Crippen LogP contribution is 2.22. The number of hydrogen-bond donors (Lipinski definition) is 2. The van der Waals surface area contributed by atoms with Gasteiger partial charge in [0.2, 0.25) is 0 Å². The fourth-order valence-corrected chi connectivity index (χ4v) is 2.14. The standard InChI is InChI=1S/C16H16ClNO3/c1-21-14-7-6-13(15(17)8-14)10-18-9-11-2-4-12(5-3-11)16(19)20/h2-8,18H,9-10H2,1H3,(H,19,20). The molecule has 21 heavy (non-hydrogen) atoms. The number of hydrogen-bond acceptors (Lipinski definition) is 3. The molecule has 0 amide bonds. The average Bonchev–Trinajstić information content (AvgIpc) is 2.49. The summed E-state index contributed by atoms with van der Waals surface area (Å²) in [5.41, 5.74) is 2.29.